The average molecular weight is 253 g/mol. The molecule has 96 valence electrons. The molecule has 0 spiro atoms. The molecule has 0 bridgehead atoms. The van der Waals surface area contributed by atoms with Gasteiger partial charge in [0.1, 0.15) is 12.7 Å². The van der Waals surface area contributed by atoms with E-state index >= 15 is 0 Å². The molecule has 19 heavy (non-hydrogen) atoms. The third-order valence-corrected chi connectivity index (χ3v) is 3.30. The van der Waals surface area contributed by atoms with E-state index in [1.165, 1.54) is 0 Å². The number of nitrogens with one attached hydrogen (secondary N) is 1. The molecule has 2 aromatic rings. The van der Waals surface area contributed by atoms with Crippen LogP contribution in [0.1, 0.15) is 23.3 Å². The topological polar surface area (TPSA) is 38.3 Å². The molecule has 1 heterocycles. The van der Waals surface area contributed by atoms with Crippen molar-refractivity contribution in [2.24, 2.45) is 0 Å². The number of hydrogen-bond acceptors (Lipinski definition) is 2. The molecule has 1 saturated heterocycles. The van der Waals surface area contributed by atoms with Crippen LogP contribution in [0.25, 0.3) is 0 Å². The van der Waals surface area contributed by atoms with Crippen molar-refractivity contribution in [1.29, 1.82) is 0 Å². The minimum absolute atomic E-state index is 0.0685. The summed E-state index contributed by atoms with van der Waals surface area (Å²) in [7, 11) is 0. The lowest BCUT2D eigenvalue weighted by molar-refractivity contribution is -0.137. The molecule has 1 aliphatic rings. The monoisotopic (exact) mass is 253 g/mol. The molecule has 1 N–H and O–H groups in total. The van der Waals surface area contributed by atoms with Gasteiger partial charge in [-0.2, -0.15) is 0 Å². The summed E-state index contributed by atoms with van der Waals surface area (Å²) in [6.45, 7) is 0.114. The summed E-state index contributed by atoms with van der Waals surface area (Å²) in [5, 5.41) is 3.02. The molecular weight excluding hydrogens is 238 g/mol. The SMILES string of the molecule is O=C1CO[C@H](c2ccccc2)C(c2ccccc2)N1. The molecule has 0 aromatic heterocycles. The van der Waals surface area contributed by atoms with Gasteiger partial charge in [-0.1, -0.05) is 60.7 Å². The Labute approximate surface area is 112 Å². The van der Waals surface area contributed by atoms with Crippen LogP contribution in [-0.4, -0.2) is 12.5 Å². The van der Waals surface area contributed by atoms with Crippen LogP contribution in [0, 0.1) is 0 Å². The molecular formula is C16H15NO2. The maximum Gasteiger partial charge on any atom is 0.246 e. The number of carbonyl (C=O) groups is 1. The highest BCUT2D eigenvalue weighted by molar-refractivity contribution is 5.78. The second-order valence-corrected chi connectivity index (χ2v) is 4.60. The average Bonchev–Trinajstić information content (AvgIpc) is 2.49. The van der Waals surface area contributed by atoms with Crippen molar-refractivity contribution in [2.75, 3.05) is 6.61 Å². The summed E-state index contributed by atoms with van der Waals surface area (Å²) in [6, 6.07) is 19.8. The predicted molar refractivity (Wildman–Crippen MR) is 72.5 cm³/mol. The van der Waals surface area contributed by atoms with Crippen molar-refractivity contribution in [3.05, 3.63) is 71.8 Å². The summed E-state index contributed by atoms with van der Waals surface area (Å²) in [4.78, 5) is 11.6. The second-order valence-electron chi connectivity index (χ2n) is 4.60. The number of rotatable bonds is 2. The van der Waals surface area contributed by atoms with Crippen molar-refractivity contribution in [3.8, 4) is 0 Å². The van der Waals surface area contributed by atoms with E-state index in [1.54, 1.807) is 0 Å². The molecule has 3 heteroatoms. The Morgan fingerprint density at radius 3 is 2.11 bits per heavy atom. The molecule has 2 atom stereocenters. The van der Waals surface area contributed by atoms with Gasteiger partial charge in [0.25, 0.3) is 0 Å². The summed E-state index contributed by atoms with van der Waals surface area (Å²) in [5.41, 5.74) is 2.14. The lowest BCUT2D eigenvalue weighted by atomic mass is 9.94. The lowest BCUT2D eigenvalue weighted by Gasteiger charge is -2.33. The van der Waals surface area contributed by atoms with Gasteiger partial charge in [-0.25, -0.2) is 0 Å². The number of hydrogen-bond donors (Lipinski definition) is 1. The zero-order valence-corrected chi connectivity index (χ0v) is 10.5. The molecule has 2 aromatic carbocycles. The standard InChI is InChI=1S/C16H15NO2/c18-14-11-19-16(13-9-5-2-6-10-13)15(17-14)12-7-3-1-4-8-12/h1-10,15-16H,11H2,(H,17,18)/t15?,16-/m1/s1. The van der Waals surface area contributed by atoms with E-state index in [2.05, 4.69) is 5.32 Å². The zero-order chi connectivity index (χ0) is 13.1. The van der Waals surface area contributed by atoms with Crippen molar-refractivity contribution in [3.63, 3.8) is 0 Å². The van der Waals surface area contributed by atoms with E-state index in [4.69, 9.17) is 4.74 Å². The number of carbonyl (C=O) groups excluding carboxylic acids is 1. The third-order valence-electron chi connectivity index (χ3n) is 3.30. The summed E-state index contributed by atoms with van der Waals surface area (Å²) < 4.78 is 5.73. The van der Waals surface area contributed by atoms with Crippen LogP contribution < -0.4 is 5.32 Å². The fraction of sp³-hybridized carbons (Fsp3) is 0.188. The van der Waals surface area contributed by atoms with Crippen molar-refractivity contribution in [1.82, 2.24) is 5.32 Å². The maximum atomic E-state index is 11.6. The molecule has 3 rings (SSSR count). The molecule has 1 unspecified atom stereocenters. The van der Waals surface area contributed by atoms with E-state index in [0.29, 0.717) is 0 Å². The quantitative estimate of drug-likeness (QED) is 0.893. The van der Waals surface area contributed by atoms with Gasteiger partial charge < -0.3 is 10.1 Å². The first kappa shape index (κ1) is 11.9. The smallest absolute Gasteiger partial charge is 0.246 e. The van der Waals surface area contributed by atoms with Gasteiger partial charge in [0.05, 0.1) is 6.04 Å². The summed E-state index contributed by atoms with van der Waals surface area (Å²) >= 11 is 0. The lowest BCUT2D eigenvalue weighted by Crippen LogP contribution is -2.41. The largest absolute Gasteiger partial charge is 0.361 e. The van der Waals surface area contributed by atoms with Crippen LogP contribution in [0.2, 0.25) is 0 Å². The summed E-state index contributed by atoms with van der Waals surface area (Å²) in [6.07, 6.45) is -0.138. The zero-order valence-electron chi connectivity index (χ0n) is 10.5. The Kier molecular flexibility index (Phi) is 3.29. The molecule has 0 radical (unpaired) electrons. The van der Waals surface area contributed by atoms with Crippen LogP contribution in [0.3, 0.4) is 0 Å². The maximum absolute atomic E-state index is 11.6. The normalized spacial score (nSPS) is 22.8. The van der Waals surface area contributed by atoms with E-state index in [-0.39, 0.29) is 24.7 Å². The van der Waals surface area contributed by atoms with Crippen LogP contribution in [0.15, 0.2) is 60.7 Å². The number of benzene rings is 2. The second kappa shape index (κ2) is 5.24. The first-order chi connectivity index (χ1) is 9.34. The van der Waals surface area contributed by atoms with Crippen molar-refractivity contribution in [2.45, 2.75) is 12.1 Å². The Hall–Kier alpha value is -2.13. The van der Waals surface area contributed by atoms with E-state index in [1.807, 2.05) is 60.7 Å². The molecule has 1 fully saturated rings. The van der Waals surface area contributed by atoms with Crippen LogP contribution in [-0.2, 0) is 9.53 Å². The van der Waals surface area contributed by atoms with Crippen molar-refractivity contribution < 1.29 is 9.53 Å². The van der Waals surface area contributed by atoms with Gasteiger partial charge in [0.15, 0.2) is 0 Å². The fourth-order valence-corrected chi connectivity index (χ4v) is 2.40. The Morgan fingerprint density at radius 1 is 0.895 bits per heavy atom. The van der Waals surface area contributed by atoms with E-state index in [9.17, 15) is 4.79 Å². The van der Waals surface area contributed by atoms with Gasteiger partial charge in [-0.3, -0.25) is 4.79 Å². The Morgan fingerprint density at radius 2 is 1.47 bits per heavy atom. The van der Waals surface area contributed by atoms with Gasteiger partial charge in [0, 0.05) is 0 Å². The fourth-order valence-electron chi connectivity index (χ4n) is 2.40. The van der Waals surface area contributed by atoms with Crippen molar-refractivity contribution >= 4 is 5.91 Å². The summed E-state index contributed by atoms with van der Waals surface area (Å²) in [5.74, 6) is -0.0685. The highest BCUT2D eigenvalue weighted by Crippen LogP contribution is 2.34. The first-order valence-corrected chi connectivity index (χ1v) is 6.35. The first-order valence-electron chi connectivity index (χ1n) is 6.35. The van der Waals surface area contributed by atoms with Crippen LogP contribution in [0.4, 0.5) is 0 Å². The van der Waals surface area contributed by atoms with Crippen LogP contribution >= 0.6 is 0 Å². The number of ether oxygens (including phenoxy) is 1. The molecule has 1 aliphatic heterocycles. The highest BCUT2D eigenvalue weighted by Gasteiger charge is 2.31. The third kappa shape index (κ3) is 2.51. The van der Waals surface area contributed by atoms with E-state index in [0.717, 1.165) is 11.1 Å². The molecule has 1 amide bonds. The van der Waals surface area contributed by atoms with Crippen LogP contribution in [0.5, 0.6) is 0 Å². The molecule has 3 nitrogen and oxygen atoms in total. The minimum atomic E-state index is -0.138. The molecule has 0 aliphatic carbocycles. The Bertz CT molecular complexity index is 553. The Balaban J connectivity index is 1.95. The number of amides is 1. The predicted octanol–water partition coefficient (Wildman–Crippen LogP) is 2.62. The minimum Gasteiger partial charge on any atom is -0.361 e. The number of morpholine rings is 1. The van der Waals surface area contributed by atoms with Gasteiger partial charge in [0.2, 0.25) is 5.91 Å². The van der Waals surface area contributed by atoms with Gasteiger partial charge in [-0.05, 0) is 11.1 Å². The van der Waals surface area contributed by atoms with Gasteiger partial charge in [-0.15, -0.1) is 0 Å². The molecule has 0 saturated carbocycles. The highest BCUT2D eigenvalue weighted by atomic mass is 16.5. The van der Waals surface area contributed by atoms with Gasteiger partial charge >= 0.3 is 0 Å². The van der Waals surface area contributed by atoms with E-state index < -0.39 is 0 Å².